The smallest absolute Gasteiger partial charge is 0.306 e. The van der Waals surface area contributed by atoms with Gasteiger partial charge >= 0.3 is 5.97 Å². The van der Waals surface area contributed by atoms with Gasteiger partial charge in [-0.05, 0) is 91.8 Å². The summed E-state index contributed by atoms with van der Waals surface area (Å²) in [5.74, 6) is 2.95. The number of carboxylic acids is 1. The number of rotatable bonds is 4. The first-order valence-electron chi connectivity index (χ1n) is 15.1. The molecule has 5 fully saturated rings. The molecule has 0 spiro atoms. The Bertz CT molecular complexity index is 763. The summed E-state index contributed by atoms with van der Waals surface area (Å²) < 4.78 is 0. The molecule has 3 N–H and O–H groups in total. The van der Waals surface area contributed by atoms with E-state index in [0.29, 0.717) is 46.6 Å². The van der Waals surface area contributed by atoms with E-state index in [9.17, 15) is 20.1 Å². The first-order valence-corrected chi connectivity index (χ1v) is 15.1. The fraction of sp³-hybridized carbons (Fsp3) is 0.967. The molecule has 5 aliphatic carbocycles. The molecule has 0 bridgehead atoms. The van der Waals surface area contributed by atoms with Gasteiger partial charge in [0, 0.05) is 0 Å². The molecule has 0 unspecified atom stereocenters. The molecule has 4 nitrogen and oxygen atoms in total. The molecule has 0 aromatic heterocycles. The van der Waals surface area contributed by atoms with E-state index in [2.05, 4.69) is 28.1 Å². The van der Waals surface area contributed by atoms with Crippen molar-refractivity contribution in [3.63, 3.8) is 0 Å². The minimum absolute atomic E-state index is 0.134. The third-order valence-corrected chi connectivity index (χ3v) is 12.6. The molecule has 197 valence electrons. The Kier molecular flexibility index (Phi) is 7.43. The third-order valence-electron chi connectivity index (χ3n) is 12.6. The maximum absolute atomic E-state index is 11.9. The van der Waals surface area contributed by atoms with Crippen LogP contribution in [0.1, 0.15) is 111 Å². The van der Waals surface area contributed by atoms with Crippen LogP contribution in [0.25, 0.3) is 0 Å². The molecule has 5 saturated carbocycles. The minimum atomic E-state index is -0.602. The number of carbonyl (C=O) groups is 1. The molecule has 0 aromatic rings. The molecule has 10 atom stereocenters. The van der Waals surface area contributed by atoms with Crippen LogP contribution < -0.4 is 0 Å². The summed E-state index contributed by atoms with van der Waals surface area (Å²) in [4.78, 5) is 11.5. The van der Waals surface area contributed by atoms with Gasteiger partial charge in [-0.15, -0.1) is 0 Å². The molecular weight excluding hydrogens is 435 g/mol. The van der Waals surface area contributed by atoms with E-state index < -0.39 is 5.97 Å². The molecule has 0 amide bonds. The Morgan fingerprint density at radius 2 is 1.51 bits per heavy atom. The van der Waals surface area contributed by atoms with Gasteiger partial charge in [-0.3, -0.25) is 4.79 Å². The topological polar surface area (TPSA) is 77.8 Å². The predicted octanol–water partition coefficient (Wildman–Crippen LogP) is 6.33. The zero-order valence-corrected chi connectivity index (χ0v) is 22.5. The number of aliphatic carboxylic acids is 1. The minimum Gasteiger partial charge on any atom is -0.481 e. The summed E-state index contributed by atoms with van der Waals surface area (Å²) in [6.07, 6.45) is 14.7. The Balaban J connectivity index is 1.31. The molecule has 0 aliphatic heterocycles. The Morgan fingerprint density at radius 1 is 0.857 bits per heavy atom. The van der Waals surface area contributed by atoms with E-state index in [1.165, 1.54) is 25.7 Å². The lowest BCUT2D eigenvalue weighted by atomic mass is 9.38. The van der Waals surface area contributed by atoms with E-state index in [1.807, 2.05) is 0 Å². The number of hydrogen-bond acceptors (Lipinski definition) is 3. The Hall–Kier alpha value is -0.545. The van der Waals surface area contributed by atoms with Crippen LogP contribution in [0.3, 0.4) is 0 Å². The van der Waals surface area contributed by atoms with Gasteiger partial charge in [-0.1, -0.05) is 70.9 Å². The van der Waals surface area contributed by atoms with Gasteiger partial charge in [0.2, 0.25) is 0 Å². The fourth-order valence-corrected chi connectivity index (χ4v) is 10.6. The van der Waals surface area contributed by atoms with Crippen molar-refractivity contribution in [1.82, 2.24) is 0 Å². The summed E-state index contributed by atoms with van der Waals surface area (Å²) in [7, 11) is 2.72. The number of hydrogen-bond donors (Lipinski definition) is 3. The number of fused-ring (bicyclic) bond motifs is 5. The maximum atomic E-state index is 11.9. The molecule has 5 aliphatic rings. The first kappa shape index (κ1) is 26.1. The molecular formula is C30H50BO4. The fourth-order valence-electron chi connectivity index (χ4n) is 10.6. The van der Waals surface area contributed by atoms with Crippen molar-refractivity contribution in [3.8, 4) is 0 Å². The van der Waals surface area contributed by atoms with Gasteiger partial charge in [0.25, 0.3) is 0 Å². The number of carboxylic acid groups (broad SMARTS) is 1. The quantitative estimate of drug-likeness (QED) is 0.407. The van der Waals surface area contributed by atoms with Crippen molar-refractivity contribution >= 4 is 13.2 Å². The zero-order chi connectivity index (χ0) is 25.0. The summed E-state index contributed by atoms with van der Waals surface area (Å²) in [5.41, 5.74) is 0.566. The number of aliphatic hydroxyl groups excluding tert-OH is 2. The van der Waals surface area contributed by atoms with E-state index in [4.69, 9.17) is 0 Å². The Morgan fingerprint density at radius 3 is 2.17 bits per heavy atom. The maximum Gasteiger partial charge on any atom is 0.306 e. The summed E-state index contributed by atoms with van der Waals surface area (Å²) in [5, 5.41) is 31.8. The zero-order valence-electron chi connectivity index (χ0n) is 22.5. The monoisotopic (exact) mass is 485 g/mol. The van der Waals surface area contributed by atoms with Crippen molar-refractivity contribution in [2.45, 2.75) is 135 Å². The van der Waals surface area contributed by atoms with Gasteiger partial charge in [-0.2, -0.15) is 0 Å². The highest BCUT2D eigenvalue weighted by atomic mass is 16.4. The van der Waals surface area contributed by atoms with Gasteiger partial charge in [0.1, 0.15) is 7.28 Å². The van der Waals surface area contributed by atoms with E-state index in [0.717, 1.165) is 64.2 Å². The van der Waals surface area contributed by atoms with E-state index >= 15 is 0 Å². The van der Waals surface area contributed by atoms with Gasteiger partial charge < -0.3 is 15.3 Å². The highest BCUT2D eigenvalue weighted by molar-refractivity contribution is 6.40. The first-order chi connectivity index (χ1) is 16.7. The van der Waals surface area contributed by atoms with Gasteiger partial charge in [-0.25, -0.2) is 0 Å². The molecule has 0 aromatic carbocycles. The summed E-state index contributed by atoms with van der Waals surface area (Å²) >= 11 is 0. The SMILES string of the molecule is CC[C@H]1[C@@H](O)[C@@H]2[C@H](CC[C@]3(C)[C@@H]([B]C4CCCC(C(=O)O)CCC4)CC[C@@H]23)[C@@]2(C)CC[C@@H](O)C[C@@H]12. The van der Waals surface area contributed by atoms with Crippen LogP contribution in [0.5, 0.6) is 0 Å². The summed E-state index contributed by atoms with van der Waals surface area (Å²) in [6.45, 7) is 7.33. The molecule has 5 rings (SSSR count). The Labute approximate surface area is 214 Å². The van der Waals surface area contributed by atoms with Crippen molar-refractivity contribution in [2.75, 3.05) is 0 Å². The predicted molar refractivity (Wildman–Crippen MR) is 140 cm³/mol. The average Bonchev–Trinajstić information content (AvgIpc) is 3.12. The van der Waals surface area contributed by atoms with Crippen LogP contribution in [-0.2, 0) is 4.79 Å². The second-order valence-electron chi connectivity index (χ2n) is 14.0. The van der Waals surface area contributed by atoms with Crippen molar-refractivity contribution in [1.29, 1.82) is 0 Å². The van der Waals surface area contributed by atoms with Crippen LogP contribution in [0.2, 0.25) is 11.6 Å². The lowest BCUT2D eigenvalue weighted by Crippen LogP contribution is -2.62. The van der Waals surface area contributed by atoms with Crippen LogP contribution in [0.4, 0.5) is 0 Å². The van der Waals surface area contributed by atoms with Crippen molar-refractivity contribution < 1.29 is 20.1 Å². The van der Waals surface area contributed by atoms with E-state index in [-0.39, 0.29) is 23.5 Å². The van der Waals surface area contributed by atoms with E-state index in [1.54, 1.807) is 0 Å². The van der Waals surface area contributed by atoms with Crippen LogP contribution in [0, 0.1) is 46.3 Å². The third kappa shape index (κ3) is 4.43. The van der Waals surface area contributed by atoms with Crippen molar-refractivity contribution in [3.05, 3.63) is 0 Å². The average molecular weight is 486 g/mol. The van der Waals surface area contributed by atoms with Crippen molar-refractivity contribution in [2.24, 2.45) is 46.3 Å². The largest absolute Gasteiger partial charge is 0.481 e. The molecule has 0 saturated heterocycles. The summed E-state index contributed by atoms with van der Waals surface area (Å²) in [6, 6.07) is 0. The number of aliphatic hydroxyl groups is 2. The standard InChI is InChI=1S/C30H50BO4/c1-4-21-24-17-20(32)13-15-29(24,2)23-14-16-30(3)22(26(23)27(21)33)11-12-25(30)31-19-9-5-7-18(28(34)35)8-6-10-19/h18-27,32-33H,4-17H2,1-3H3,(H,34,35)/t18?,19?,20-,21-,22+,23+,24+,25+,26+,27-,29-,30+/m1/s1. The van der Waals surface area contributed by atoms with Crippen LogP contribution >= 0.6 is 0 Å². The highest BCUT2D eigenvalue weighted by Gasteiger charge is 2.64. The molecule has 1 radical (unpaired) electrons. The second kappa shape index (κ2) is 9.97. The van der Waals surface area contributed by atoms with Crippen LogP contribution in [0.15, 0.2) is 0 Å². The normalized spacial score (nSPS) is 52.4. The second-order valence-corrected chi connectivity index (χ2v) is 14.0. The highest BCUT2D eigenvalue weighted by Crippen LogP contribution is 2.70. The molecule has 5 heteroatoms. The molecule has 35 heavy (non-hydrogen) atoms. The lowest BCUT2D eigenvalue weighted by Gasteiger charge is -2.64. The molecule has 0 heterocycles. The van der Waals surface area contributed by atoms with Gasteiger partial charge in [0.05, 0.1) is 18.1 Å². The lowest BCUT2D eigenvalue weighted by molar-refractivity contribution is -0.198. The van der Waals surface area contributed by atoms with Gasteiger partial charge in [0.15, 0.2) is 0 Å². The van der Waals surface area contributed by atoms with Crippen LogP contribution in [-0.4, -0.2) is 40.8 Å².